The molecule has 2 amide bonds. The third-order valence-electron chi connectivity index (χ3n) is 6.44. The predicted molar refractivity (Wildman–Crippen MR) is 191 cm³/mol. The van der Waals surface area contributed by atoms with Gasteiger partial charge in [-0.25, -0.2) is 12.6 Å². The minimum Gasteiger partial charge on any atom is -0.505 e. The fourth-order valence-electron chi connectivity index (χ4n) is 4.31. The van der Waals surface area contributed by atoms with Crippen molar-refractivity contribution in [3.8, 4) is 5.75 Å². The summed E-state index contributed by atoms with van der Waals surface area (Å²) in [5.74, 6) is -3.19. The predicted octanol–water partition coefficient (Wildman–Crippen LogP) is 2.12. The second-order valence-electron chi connectivity index (χ2n) is 10.1. The molecule has 0 unspecified atom stereocenters. The number of nitrogens with one attached hydrogen (secondary N) is 2. The molecule has 4 aromatic carbocycles. The summed E-state index contributed by atoms with van der Waals surface area (Å²) in [6, 6.07) is 12.3. The van der Waals surface area contributed by atoms with Crippen molar-refractivity contribution in [2.75, 3.05) is 23.0 Å². The van der Waals surface area contributed by atoms with Gasteiger partial charge in [0, 0.05) is 112 Å². The monoisotopic (exact) mass is 841 g/mol. The van der Waals surface area contributed by atoms with E-state index in [9.17, 15) is 57.5 Å². The number of benzene rings is 4. The number of amides is 2. The van der Waals surface area contributed by atoms with Gasteiger partial charge in [-0.3, -0.25) is 23.2 Å². The number of anilines is 2. The van der Waals surface area contributed by atoms with Crippen molar-refractivity contribution in [1.29, 1.82) is 0 Å². The largest absolute Gasteiger partial charge is 0.505 e. The third-order valence-corrected chi connectivity index (χ3v) is 10.3. The molecule has 53 heavy (non-hydrogen) atoms. The Kier molecular flexibility index (Phi) is 17.9. The number of fused-ring (bicyclic) bond motifs is 1. The number of azo groups is 1. The molecule has 0 spiro atoms. The average Bonchev–Trinajstić information content (AvgIpc) is 2.98. The molecule has 0 aliphatic carbocycles. The van der Waals surface area contributed by atoms with Gasteiger partial charge in [-0.1, -0.05) is 6.07 Å². The molecule has 3 radical (unpaired) electrons. The number of nitrogens with zero attached hydrogens (tertiary/aromatic N) is 2. The zero-order valence-corrected chi connectivity index (χ0v) is 37.3. The van der Waals surface area contributed by atoms with Crippen LogP contribution < -0.4 is 10.6 Å². The van der Waals surface area contributed by atoms with Gasteiger partial charge < -0.3 is 15.7 Å². The zero-order valence-electron chi connectivity index (χ0n) is 28.1. The molecule has 0 heterocycles. The van der Waals surface area contributed by atoms with Gasteiger partial charge in [-0.15, -0.1) is 5.11 Å². The number of aromatic hydroxyl groups is 1. The van der Waals surface area contributed by atoms with E-state index < -0.39 is 85.9 Å². The van der Waals surface area contributed by atoms with E-state index in [1.165, 1.54) is 42.5 Å². The quantitative estimate of drug-likeness (QED) is 0.0676. The summed E-state index contributed by atoms with van der Waals surface area (Å²) in [5.41, 5.74) is -1.11. The maximum absolute atomic E-state index is 12.8. The molecule has 4 aromatic rings. The normalized spacial score (nSPS) is 11.9. The Hall–Kier alpha value is -1.88. The second-order valence-corrected chi connectivity index (χ2v) is 16.1. The molecule has 0 bridgehead atoms. The molecule has 0 atom stereocenters. The molecule has 0 aliphatic heterocycles. The topological polar surface area (TPSA) is 310 Å². The number of hydrogen-bond donors (Lipinski definition) is 6. The smallest absolute Gasteiger partial charge is 0.397 e. The van der Waals surface area contributed by atoms with Crippen LogP contribution in [0.15, 0.2) is 91.6 Å². The van der Waals surface area contributed by atoms with Crippen molar-refractivity contribution < 1.29 is 66.2 Å². The molecule has 0 fully saturated rings. The summed E-state index contributed by atoms with van der Waals surface area (Å²) in [7, 11) is -19.0. The summed E-state index contributed by atoms with van der Waals surface area (Å²) in [4.78, 5) is 22.5. The molecule has 0 saturated heterocycles. The summed E-state index contributed by atoms with van der Waals surface area (Å²) < 4.78 is 126. The summed E-state index contributed by atoms with van der Waals surface area (Å²) in [6.45, 7) is 0.201. The van der Waals surface area contributed by atoms with Crippen LogP contribution >= 0.6 is 0 Å². The summed E-state index contributed by atoms with van der Waals surface area (Å²) in [6.07, 6.45) is 0. The molecular formula is C27H24N4Na3O15S4. The molecular weight excluding hydrogens is 818 g/mol. The molecule has 0 saturated carbocycles. The Morgan fingerprint density at radius 3 is 1.92 bits per heavy atom. The second kappa shape index (κ2) is 19.3. The third kappa shape index (κ3) is 13.4. The van der Waals surface area contributed by atoms with Gasteiger partial charge in [0.05, 0.1) is 33.5 Å². The summed E-state index contributed by atoms with van der Waals surface area (Å²) >= 11 is 0. The average molecular weight is 842 g/mol. The van der Waals surface area contributed by atoms with Crippen molar-refractivity contribution >= 4 is 174 Å². The van der Waals surface area contributed by atoms with Crippen LogP contribution in [0.5, 0.6) is 5.75 Å². The molecule has 19 nitrogen and oxygen atoms in total. The van der Waals surface area contributed by atoms with E-state index in [4.69, 9.17) is 4.55 Å². The SMILES string of the molecule is CC(=O)Nc1cc(S(=O)(=O)O)cc2cc(S(=O)(=O)O)c(N=Nc3ccc(C(=O)Nc4cccc(S(=O)(=O)CCOS(=O)(=O)O)c4)cc3)c(O)c12.[Na].[Na].[Na]. The Labute approximate surface area is 369 Å². The first-order valence-corrected chi connectivity index (χ1v) is 19.3. The molecule has 4 rings (SSSR count). The minimum atomic E-state index is -5.15. The van der Waals surface area contributed by atoms with Gasteiger partial charge >= 0.3 is 10.4 Å². The first kappa shape index (κ1) is 49.1. The number of phenols is 1. The number of rotatable bonds is 12. The van der Waals surface area contributed by atoms with Gasteiger partial charge in [0.15, 0.2) is 15.6 Å². The van der Waals surface area contributed by atoms with Crippen molar-refractivity contribution in [2.24, 2.45) is 10.2 Å². The first-order chi connectivity index (χ1) is 23.0. The minimum absolute atomic E-state index is 0. The summed E-state index contributed by atoms with van der Waals surface area (Å²) in [5, 5.41) is 22.7. The van der Waals surface area contributed by atoms with Gasteiger partial charge in [0.1, 0.15) is 10.6 Å². The number of carbonyl (C=O) groups is 2. The van der Waals surface area contributed by atoms with Gasteiger partial charge in [0.25, 0.3) is 26.1 Å². The maximum atomic E-state index is 12.8. The zero-order chi connectivity index (χ0) is 37.2. The van der Waals surface area contributed by atoms with Crippen molar-refractivity contribution in [2.45, 2.75) is 21.6 Å². The Morgan fingerprint density at radius 2 is 1.38 bits per heavy atom. The van der Waals surface area contributed by atoms with Crippen LogP contribution in [0.3, 0.4) is 0 Å². The number of phenolic OH excluding ortho intramolecular Hbond substituents is 1. The van der Waals surface area contributed by atoms with Gasteiger partial charge in [0.2, 0.25) is 5.91 Å². The van der Waals surface area contributed by atoms with Crippen molar-refractivity contribution in [3.63, 3.8) is 0 Å². The van der Waals surface area contributed by atoms with Crippen molar-refractivity contribution in [1.82, 2.24) is 0 Å². The number of hydrogen-bond acceptors (Lipinski definition) is 14. The molecule has 0 aromatic heterocycles. The van der Waals surface area contributed by atoms with Crippen LogP contribution in [0.4, 0.5) is 22.7 Å². The molecule has 26 heteroatoms. The number of carbonyl (C=O) groups excluding carboxylic acids is 2. The van der Waals surface area contributed by atoms with Crippen molar-refractivity contribution in [3.05, 3.63) is 72.3 Å². The van der Waals surface area contributed by atoms with Crippen LogP contribution in [-0.4, -0.2) is 165 Å². The fourth-order valence-corrected chi connectivity index (χ4v) is 7.05. The van der Waals surface area contributed by atoms with Gasteiger partial charge in [-0.2, -0.15) is 30.4 Å². The van der Waals surface area contributed by atoms with Gasteiger partial charge in [-0.05, 0) is 66.0 Å². The molecule has 269 valence electrons. The Balaban J connectivity index is 0.00000468. The van der Waals surface area contributed by atoms with Crippen LogP contribution in [-0.2, 0) is 49.5 Å². The fraction of sp³-hybridized carbons (Fsp3) is 0.111. The van der Waals surface area contributed by atoms with E-state index in [0.29, 0.717) is 0 Å². The van der Waals surface area contributed by atoms with Crippen LogP contribution in [0.2, 0.25) is 0 Å². The van der Waals surface area contributed by atoms with E-state index in [1.54, 1.807) is 0 Å². The molecule has 0 aliphatic rings. The Bertz CT molecular complexity index is 2520. The number of sulfone groups is 1. The van der Waals surface area contributed by atoms with Crippen LogP contribution in [0.25, 0.3) is 10.8 Å². The maximum Gasteiger partial charge on any atom is 0.397 e. The van der Waals surface area contributed by atoms with E-state index >= 15 is 0 Å². The molecule has 6 N–H and O–H groups in total. The van der Waals surface area contributed by atoms with Crippen LogP contribution in [0.1, 0.15) is 17.3 Å². The van der Waals surface area contributed by atoms with E-state index in [1.807, 2.05) is 0 Å². The van der Waals surface area contributed by atoms with Crippen LogP contribution in [0, 0.1) is 0 Å². The standard InChI is InChI=1S/C27H24N4O15S4.3Na/c1-15(32)28-22-14-21(48(37,38)39)11-17-12-23(49(40,41)42)25(26(33)24(17)22)31-30-18-7-5-16(6-8-18)27(34)29-19-3-2-4-20(13-19)47(35,36)10-9-46-50(43,44)45;;;/h2-8,11-14,33H,9-10H2,1H3,(H,28,32)(H,29,34)(H,37,38,39)(H,40,41,42)(H,43,44,45);;;. The Morgan fingerprint density at radius 1 is 0.755 bits per heavy atom. The first-order valence-electron chi connectivity index (χ1n) is 13.4. The van der Waals surface area contributed by atoms with E-state index in [-0.39, 0.29) is 127 Å². The van der Waals surface area contributed by atoms with E-state index in [0.717, 1.165) is 31.2 Å². The van der Waals surface area contributed by atoms with E-state index in [2.05, 4.69) is 25.0 Å².